The zero-order valence-corrected chi connectivity index (χ0v) is 10.8. The van der Waals surface area contributed by atoms with Gasteiger partial charge in [-0.2, -0.15) is 0 Å². The minimum atomic E-state index is -0.357. The number of nitrogens with one attached hydrogen (secondary N) is 1. The molecule has 5 heteroatoms. The van der Waals surface area contributed by atoms with Crippen molar-refractivity contribution in [1.29, 1.82) is 0 Å². The molecule has 1 heterocycles. The van der Waals surface area contributed by atoms with Crippen LogP contribution < -0.4 is 5.43 Å². The van der Waals surface area contributed by atoms with Gasteiger partial charge in [0.15, 0.2) is 5.17 Å². The number of hydrazine groups is 1. The number of amidine groups is 1. The van der Waals surface area contributed by atoms with E-state index in [1.807, 2.05) is 20.8 Å². The Balaban J connectivity index is 2.82. The molecular weight excluding hydrogens is 210 g/mol. The van der Waals surface area contributed by atoms with Crippen LogP contribution in [0.1, 0.15) is 34.1 Å². The average molecular weight is 229 g/mol. The molecule has 4 nitrogen and oxygen atoms in total. The largest absolute Gasteiger partial charge is 0.273 e. The molecule has 0 aromatic rings. The second-order valence-corrected chi connectivity index (χ2v) is 5.71. The molecule has 1 fully saturated rings. The minimum Gasteiger partial charge on any atom is -0.273 e. The predicted molar refractivity (Wildman–Crippen MR) is 64.5 cm³/mol. The highest BCUT2D eigenvalue weighted by molar-refractivity contribution is 8.14. The first-order valence-corrected chi connectivity index (χ1v) is 6.02. The molecular formula is C10H19N3OS. The summed E-state index contributed by atoms with van der Waals surface area (Å²) >= 11 is 1.61. The van der Waals surface area contributed by atoms with E-state index >= 15 is 0 Å². The number of carbonyl (C=O) groups is 1. The van der Waals surface area contributed by atoms with Crippen molar-refractivity contribution in [2.75, 3.05) is 7.05 Å². The van der Waals surface area contributed by atoms with Gasteiger partial charge < -0.3 is 0 Å². The van der Waals surface area contributed by atoms with Crippen molar-refractivity contribution in [2.45, 2.75) is 39.5 Å². The van der Waals surface area contributed by atoms with Crippen LogP contribution in [0, 0.1) is 5.41 Å². The van der Waals surface area contributed by atoms with Crippen molar-refractivity contribution < 1.29 is 4.79 Å². The normalized spacial score (nSPS) is 24.5. The summed E-state index contributed by atoms with van der Waals surface area (Å²) < 4.78 is 0. The second-order valence-electron chi connectivity index (χ2n) is 4.55. The van der Waals surface area contributed by atoms with Gasteiger partial charge in [-0.3, -0.25) is 15.2 Å². The van der Waals surface area contributed by atoms with E-state index < -0.39 is 0 Å². The summed E-state index contributed by atoms with van der Waals surface area (Å²) in [4.78, 5) is 16.2. The van der Waals surface area contributed by atoms with Crippen LogP contribution in [0.4, 0.5) is 0 Å². The predicted octanol–water partition coefficient (Wildman–Crippen LogP) is 1.83. The van der Waals surface area contributed by atoms with E-state index in [1.165, 1.54) is 0 Å². The van der Waals surface area contributed by atoms with Crippen LogP contribution in [-0.2, 0) is 4.79 Å². The lowest BCUT2D eigenvalue weighted by Gasteiger charge is -2.28. The summed E-state index contributed by atoms with van der Waals surface area (Å²) in [5.41, 5.74) is 2.69. The number of aliphatic imine (C=N–C) groups is 1. The Morgan fingerprint density at radius 3 is 2.60 bits per heavy atom. The summed E-state index contributed by atoms with van der Waals surface area (Å²) in [6, 6.07) is 0. The van der Waals surface area contributed by atoms with Gasteiger partial charge in [0.25, 0.3) is 0 Å². The minimum absolute atomic E-state index is 0.112. The number of thioether (sulfide) groups is 1. The van der Waals surface area contributed by atoms with E-state index in [9.17, 15) is 4.79 Å². The highest BCUT2D eigenvalue weighted by atomic mass is 32.2. The van der Waals surface area contributed by atoms with Crippen molar-refractivity contribution in [3.8, 4) is 0 Å². The highest BCUT2D eigenvalue weighted by Gasteiger charge is 2.37. The number of nitrogens with zero attached hydrogens (tertiary/aromatic N) is 2. The Kier molecular flexibility index (Phi) is 3.65. The van der Waals surface area contributed by atoms with E-state index in [1.54, 1.807) is 23.8 Å². The zero-order chi connectivity index (χ0) is 11.6. The fraction of sp³-hybridized carbons (Fsp3) is 0.800. The summed E-state index contributed by atoms with van der Waals surface area (Å²) in [7, 11) is 1.73. The molecule has 0 radical (unpaired) electrons. The molecule has 86 valence electrons. The molecule has 1 N–H and O–H groups in total. The molecule has 0 aromatic heterocycles. The van der Waals surface area contributed by atoms with Crippen LogP contribution in [0.5, 0.6) is 0 Å². The summed E-state index contributed by atoms with van der Waals surface area (Å²) in [6.45, 7) is 7.85. The standard InChI is InChI=1S/C10H19N3OS/c1-6-7-13(8(14)10(2,3)4)12-9(11-5)15-7/h7H,6H2,1-5H3,(H,11,12). The number of carbonyl (C=O) groups excluding carboxylic acids is 1. The van der Waals surface area contributed by atoms with Gasteiger partial charge in [0.2, 0.25) is 5.91 Å². The van der Waals surface area contributed by atoms with Crippen molar-refractivity contribution >= 4 is 22.8 Å². The van der Waals surface area contributed by atoms with Gasteiger partial charge in [0, 0.05) is 12.5 Å². The number of hydrogen-bond donors (Lipinski definition) is 1. The third-order valence-corrected chi connectivity index (χ3v) is 3.48. The number of amides is 1. The Labute approximate surface area is 95.5 Å². The SMILES string of the molecule is CCC1SC(=NC)NN1C(=O)C(C)(C)C. The van der Waals surface area contributed by atoms with Crippen molar-refractivity contribution in [2.24, 2.45) is 10.4 Å². The van der Waals surface area contributed by atoms with Gasteiger partial charge in [0.05, 0.1) is 0 Å². The Hall–Kier alpha value is -0.710. The summed E-state index contributed by atoms with van der Waals surface area (Å²) in [6.07, 6.45) is 0.915. The van der Waals surface area contributed by atoms with Crippen molar-refractivity contribution in [3.63, 3.8) is 0 Å². The monoisotopic (exact) mass is 229 g/mol. The van der Waals surface area contributed by atoms with Crippen LogP contribution in [0.25, 0.3) is 0 Å². The quantitative estimate of drug-likeness (QED) is 0.746. The molecule has 0 aliphatic carbocycles. The third kappa shape index (κ3) is 2.65. The lowest BCUT2D eigenvalue weighted by Crippen LogP contribution is -2.48. The van der Waals surface area contributed by atoms with Crippen LogP contribution in [0.3, 0.4) is 0 Å². The molecule has 0 saturated carbocycles. The van der Waals surface area contributed by atoms with Crippen LogP contribution in [0.15, 0.2) is 4.99 Å². The maximum absolute atomic E-state index is 12.1. The molecule has 1 atom stereocenters. The molecule has 15 heavy (non-hydrogen) atoms. The van der Waals surface area contributed by atoms with Gasteiger partial charge >= 0.3 is 0 Å². The van der Waals surface area contributed by atoms with E-state index in [0.717, 1.165) is 11.6 Å². The molecule has 0 aromatic carbocycles. The summed E-state index contributed by atoms with van der Waals surface area (Å²) in [5.74, 6) is 0.112. The molecule has 0 bridgehead atoms. The fourth-order valence-electron chi connectivity index (χ4n) is 1.29. The molecule has 1 aliphatic rings. The zero-order valence-electron chi connectivity index (χ0n) is 10.00. The maximum atomic E-state index is 12.1. The van der Waals surface area contributed by atoms with Crippen molar-refractivity contribution in [3.05, 3.63) is 0 Å². The number of hydrogen-bond acceptors (Lipinski definition) is 3. The first-order chi connectivity index (χ1) is 6.90. The van der Waals surface area contributed by atoms with Gasteiger partial charge in [0.1, 0.15) is 5.37 Å². The van der Waals surface area contributed by atoms with Gasteiger partial charge in [-0.1, -0.05) is 39.5 Å². The Morgan fingerprint density at radius 1 is 1.60 bits per heavy atom. The van der Waals surface area contributed by atoms with E-state index in [2.05, 4.69) is 17.3 Å². The molecule has 0 spiro atoms. The highest BCUT2D eigenvalue weighted by Crippen LogP contribution is 2.29. The lowest BCUT2D eigenvalue weighted by molar-refractivity contribution is -0.141. The van der Waals surface area contributed by atoms with E-state index in [0.29, 0.717) is 0 Å². The van der Waals surface area contributed by atoms with Gasteiger partial charge in [-0.25, -0.2) is 5.01 Å². The van der Waals surface area contributed by atoms with E-state index in [4.69, 9.17) is 0 Å². The molecule has 1 amide bonds. The first kappa shape index (κ1) is 12.4. The fourth-order valence-corrected chi connectivity index (χ4v) is 2.23. The van der Waals surface area contributed by atoms with Crippen LogP contribution >= 0.6 is 11.8 Å². The van der Waals surface area contributed by atoms with Crippen LogP contribution in [0.2, 0.25) is 0 Å². The topological polar surface area (TPSA) is 44.7 Å². The smallest absolute Gasteiger partial charge is 0.247 e. The first-order valence-electron chi connectivity index (χ1n) is 5.14. The second kappa shape index (κ2) is 4.43. The van der Waals surface area contributed by atoms with Gasteiger partial charge in [-0.15, -0.1) is 0 Å². The summed E-state index contributed by atoms with van der Waals surface area (Å²) in [5, 5.41) is 2.68. The lowest BCUT2D eigenvalue weighted by atomic mass is 9.95. The third-order valence-electron chi connectivity index (χ3n) is 2.16. The molecule has 1 unspecified atom stereocenters. The maximum Gasteiger partial charge on any atom is 0.247 e. The average Bonchev–Trinajstić information content (AvgIpc) is 2.57. The van der Waals surface area contributed by atoms with Gasteiger partial charge in [-0.05, 0) is 6.42 Å². The molecule has 1 saturated heterocycles. The van der Waals surface area contributed by atoms with Crippen LogP contribution in [-0.4, -0.2) is 28.5 Å². The Morgan fingerprint density at radius 2 is 2.20 bits per heavy atom. The molecule has 1 rings (SSSR count). The van der Waals surface area contributed by atoms with Crippen molar-refractivity contribution in [1.82, 2.24) is 10.4 Å². The molecule has 1 aliphatic heterocycles. The van der Waals surface area contributed by atoms with E-state index in [-0.39, 0.29) is 16.7 Å². The Bertz CT molecular complexity index is 283. The number of rotatable bonds is 1.